The highest BCUT2D eigenvalue weighted by Crippen LogP contribution is 2.27. The van der Waals surface area contributed by atoms with Gasteiger partial charge in [0.1, 0.15) is 23.8 Å². The standard InChI is InChI=1S/C18H19N5O3/c1-21-7-2-5-15(21)14-10-17-22(18(25)6-8-23(17)20-14)12-16(24)19-11-13-4-3-9-26-13/h2-5,7,9-10H,6,8,11-12H2,1H3,(H,19,24). The van der Waals surface area contributed by atoms with Crippen molar-refractivity contribution in [2.24, 2.45) is 7.05 Å². The van der Waals surface area contributed by atoms with E-state index in [4.69, 9.17) is 4.42 Å². The van der Waals surface area contributed by atoms with Gasteiger partial charge in [-0.15, -0.1) is 0 Å². The van der Waals surface area contributed by atoms with E-state index in [2.05, 4.69) is 10.4 Å². The number of fused-ring (bicyclic) bond motifs is 1. The number of hydrogen-bond donors (Lipinski definition) is 1. The molecule has 3 aromatic heterocycles. The average molecular weight is 353 g/mol. The second-order valence-corrected chi connectivity index (χ2v) is 6.20. The fourth-order valence-corrected chi connectivity index (χ4v) is 3.07. The summed E-state index contributed by atoms with van der Waals surface area (Å²) in [6.45, 7) is 0.767. The van der Waals surface area contributed by atoms with Crippen molar-refractivity contribution in [2.75, 3.05) is 11.4 Å². The molecule has 0 atom stereocenters. The van der Waals surface area contributed by atoms with Crippen LogP contribution in [0.1, 0.15) is 12.2 Å². The molecule has 1 aliphatic heterocycles. The number of amides is 2. The van der Waals surface area contributed by atoms with Gasteiger partial charge in [0.05, 0.1) is 25.0 Å². The van der Waals surface area contributed by atoms with Gasteiger partial charge < -0.3 is 14.3 Å². The molecule has 1 aliphatic rings. The lowest BCUT2D eigenvalue weighted by molar-refractivity contribution is -0.124. The van der Waals surface area contributed by atoms with Gasteiger partial charge >= 0.3 is 0 Å². The zero-order valence-corrected chi connectivity index (χ0v) is 14.4. The molecule has 0 spiro atoms. The molecule has 0 bridgehead atoms. The second kappa shape index (κ2) is 6.55. The first-order valence-electron chi connectivity index (χ1n) is 8.41. The minimum Gasteiger partial charge on any atom is -0.467 e. The zero-order valence-electron chi connectivity index (χ0n) is 14.4. The Morgan fingerprint density at radius 2 is 2.23 bits per heavy atom. The Kier molecular flexibility index (Phi) is 4.08. The van der Waals surface area contributed by atoms with Gasteiger partial charge in [-0.1, -0.05) is 0 Å². The van der Waals surface area contributed by atoms with Crippen LogP contribution in [0.2, 0.25) is 0 Å². The molecular weight excluding hydrogens is 334 g/mol. The largest absolute Gasteiger partial charge is 0.467 e. The van der Waals surface area contributed by atoms with Crippen LogP contribution in [-0.2, 0) is 29.7 Å². The average Bonchev–Trinajstić information content (AvgIpc) is 3.35. The van der Waals surface area contributed by atoms with E-state index in [0.717, 1.165) is 11.4 Å². The topological polar surface area (TPSA) is 85.3 Å². The highest BCUT2D eigenvalue weighted by molar-refractivity contribution is 5.99. The molecule has 4 rings (SSSR count). The van der Waals surface area contributed by atoms with Gasteiger partial charge in [-0.2, -0.15) is 5.10 Å². The third kappa shape index (κ3) is 3.01. The lowest BCUT2D eigenvalue weighted by atomic mass is 10.2. The van der Waals surface area contributed by atoms with Crippen molar-refractivity contribution in [3.8, 4) is 11.4 Å². The molecule has 0 saturated carbocycles. The third-order valence-corrected chi connectivity index (χ3v) is 4.42. The van der Waals surface area contributed by atoms with Crippen molar-refractivity contribution in [1.29, 1.82) is 0 Å². The maximum Gasteiger partial charge on any atom is 0.240 e. The molecule has 26 heavy (non-hydrogen) atoms. The summed E-state index contributed by atoms with van der Waals surface area (Å²) in [7, 11) is 1.94. The van der Waals surface area contributed by atoms with Gasteiger partial charge in [-0.25, -0.2) is 4.68 Å². The highest BCUT2D eigenvalue weighted by Gasteiger charge is 2.28. The number of carbonyl (C=O) groups is 2. The van der Waals surface area contributed by atoms with E-state index in [9.17, 15) is 9.59 Å². The van der Waals surface area contributed by atoms with Crippen molar-refractivity contribution in [3.05, 3.63) is 48.6 Å². The number of aryl methyl sites for hydroxylation is 2. The van der Waals surface area contributed by atoms with Crippen LogP contribution in [0.25, 0.3) is 11.4 Å². The number of hydrogen-bond acceptors (Lipinski definition) is 4. The zero-order chi connectivity index (χ0) is 18.1. The van der Waals surface area contributed by atoms with Gasteiger partial charge in [0.2, 0.25) is 11.8 Å². The van der Waals surface area contributed by atoms with Crippen LogP contribution < -0.4 is 10.2 Å². The number of nitrogens with zero attached hydrogens (tertiary/aromatic N) is 4. The summed E-state index contributed by atoms with van der Waals surface area (Å²) in [6, 6.07) is 9.31. The number of carbonyl (C=O) groups excluding carboxylic acids is 2. The molecule has 0 aliphatic carbocycles. The van der Waals surface area contributed by atoms with E-state index < -0.39 is 0 Å². The van der Waals surface area contributed by atoms with Crippen molar-refractivity contribution in [3.63, 3.8) is 0 Å². The van der Waals surface area contributed by atoms with Crippen LogP contribution in [0.4, 0.5) is 5.82 Å². The molecule has 134 valence electrons. The molecule has 0 fully saturated rings. The van der Waals surface area contributed by atoms with Crippen molar-refractivity contribution < 1.29 is 14.0 Å². The highest BCUT2D eigenvalue weighted by atomic mass is 16.3. The number of anilines is 1. The molecule has 0 saturated heterocycles. The van der Waals surface area contributed by atoms with Crippen LogP contribution in [0.15, 0.2) is 47.2 Å². The van der Waals surface area contributed by atoms with E-state index in [1.165, 1.54) is 4.90 Å². The summed E-state index contributed by atoms with van der Waals surface area (Å²) >= 11 is 0. The van der Waals surface area contributed by atoms with Gasteiger partial charge in [-0.05, 0) is 24.3 Å². The van der Waals surface area contributed by atoms with Crippen LogP contribution in [0.5, 0.6) is 0 Å². The van der Waals surface area contributed by atoms with E-state index in [1.54, 1.807) is 23.1 Å². The Hall–Kier alpha value is -3.29. The lowest BCUT2D eigenvalue weighted by Gasteiger charge is -2.26. The maximum absolute atomic E-state index is 12.4. The fourth-order valence-electron chi connectivity index (χ4n) is 3.07. The Balaban J connectivity index is 1.52. The molecule has 2 amide bonds. The number of furan rings is 1. The van der Waals surface area contributed by atoms with Crippen molar-refractivity contribution in [1.82, 2.24) is 19.7 Å². The molecule has 0 radical (unpaired) electrons. The predicted octanol–water partition coefficient (Wildman–Crippen LogP) is 1.53. The quantitative estimate of drug-likeness (QED) is 0.754. The van der Waals surface area contributed by atoms with E-state index in [1.807, 2.05) is 36.0 Å². The van der Waals surface area contributed by atoms with E-state index in [-0.39, 0.29) is 18.4 Å². The Labute approximate surface area is 150 Å². The molecule has 0 aromatic carbocycles. The second-order valence-electron chi connectivity index (χ2n) is 6.20. The monoisotopic (exact) mass is 353 g/mol. The first-order valence-corrected chi connectivity index (χ1v) is 8.41. The summed E-state index contributed by atoms with van der Waals surface area (Å²) in [5, 5.41) is 7.35. The molecule has 1 N–H and O–H groups in total. The van der Waals surface area contributed by atoms with Gasteiger partial charge in [0.15, 0.2) is 0 Å². The minimum atomic E-state index is -0.246. The molecule has 3 aromatic rings. The number of rotatable bonds is 5. The van der Waals surface area contributed by atoms with E-state index in [0.29, 0.717) is 31.1 Å². The fraction of sp³-hybridized carbons (Fsp3) is 0.278. The SMILES string of the molecule is Cn1cccc1-c1cc2n(n1)CCC(=O)N2CC(=O)NCc1ccco1. The maximum atomic E-state index is 12.4. The first-order chi connectivity index (χ1) is 12.6. The molecular formula is C18H19N5O3. The number of nitrogens with one attached hydrogen (secondary N) is 1. The van der Waals surface area contributed by atoms with Crippen LogP contribution >= 0.6 is 0 Å². The van der Waals surface area contributed by atoms with Crippen molar-refractivity contribution >= 4 is 17.6 Å². The first kappa shape index (κ1) is 16.2. The Morgan fingerprint density at radius 3 is 2.96 bits per heavy atom. The van der Waals surface area contributed by atoms with Crippen LogP contribution in [-0.4, -0.2) is 32.7 Å². The van der Waals surface area contributed by atoms with Crippen LogP contribution in [0, 0.1) is 0 Å². The van der Waals surface area contributed by atoms with Gasteiger partial charge in [0.25, 0.3) is 0 Å². The normalized spacial score (nSPS) is 13.7. The number of aromatic nitrogens is 3. The van der Waals surface area contributed by atoms with E-state index >= 15 is 0 Å². The summed E-state index contributed by atoms with van der Waals surface area (Å²) < 4.78 is 8.95. The third-order valence-electron chi connectivity index (χ3n) is 4.42. The molecule has 8 heteroatoms. The van der Waals surface area contributed by atoms with Crippen molar-refractivity contribution in [2.45, 2.75) is 19.5 Å². The lowest BCUT2D eigenvalue weighted by Crippen LogP contribution is -2.44. The van der Waals surface area contributed by atoms with Gasteiger partial charge in [0, 0.05) is 25.7 Å². The summed E-state index contributed by atoms with van der Waals surface area (Å²) in [4.78, 5) is 26.1. The Morgan fingerprint density at radius 1 is 1.35 bits per heavy atom. The summed E-state index contributed by atoms with van der Waals surface area (Å²) in [6.07, 6.45) is 3.82. The molecule has 8 nitrogen and oxygen atoms in total. The summed E-state index contributed by atoms with van der Waals surface area (Å²) in [5.41, 5.74) is 1.74. The van der Waals surface area contributed by atoms with Crippen LogP contribution in [0.3, 0.4) is 0 Å². The smallest absolute Gasteiger partial charge is 0.240 e. The van der Waals surface area contributed by atoms with Gasteiger partial charge in [-0.3, -0.25) is 14.5 Å². The minimum absolute atomic E-state index is 0.0438. The predicted molar refractivity (Wildman–Crippen MR) is 94.2 cm³/mol. The molecule has 0 unspecified atom stereocenters. The summed E-state index contributed by atoms with van der Waals surface area (Å²) in [5.74, 6) is 0.985. The Bertz CT molecular complexity index is 938. The molecule has 4 heterocycles.